The normalized spacial score (nSPS) is 10.3. The zero-order valence-electron chi connectivity index (χ0n) is 14.4. The lowest BCUT2D eigenvalue weighted by molar-refractivity contribution is 0.102. The number of anilines is 3. The van der Waals surface area contributed by atoms with Crippen molar-refractivity contribution in [1.82, 2.24) is 4.98 Å². The summed E-state index contributed by atoms with van der Waals surface area (Å²) in [4.78, 5) is 16.5. The van der Waals surface area contributed by atoms with Crippen LogP contribution < -0.4 is 15.4 Å². The molecule has 0 aliphatic rings. The van der Waals surface area contributed by atoms with Crippen molar-refractivity contribution in [3.8, 4) is 5.75 Å². The van der Waals surface area contributed by atoms with Gasteiger partial charge in [0.15, 0.2) is 0 Å². The monoisotopic (exact) mass is 351 g/mol. The molecule has 5 nitrogen and oxygen atoms in total. The Morgan fingerprint density at radius 2 is 1.81 bits per heavy atom. The van der Waals surface area contributed by atoms with E-state index < -0.39 is 0 Å². The molecule has 6 heteroatoms. The fraction of sp³-hybridized carbons (Fsp3) is 0.100. The summed E-state index contributed by atoms with van der Waals surface area (Å²) in [7, 11) is 1.60. The van der Waals surface area contributed by atoms with Crippen molar-refractivity contribution in [1.29, 1.82) is 0 Å². The third kappa shape index (κ3) is 4.16. The van der Waals surface area contributed by atoms with Crippen molar-refractivity contribution in [2.24, 2.45) is 0 Å². The molecule has 0 saturated carbocycles. The number of aryl methyl sites for hydroxylation is 1. The first-order chi connectivity index (χ1) is 12.5. The number of carbonyl (C=O) groups excluding carboxylic acids is 1. The minimum Gasteiger partial charge on any atom is -0.495 e. The second-order valence-corrected chi connectivity index (χ2v) is 5.72. The Bertz CT molecular complexity index is 927. The van der Waals surface area contributed by atoms with E-state index in [-0.39, 0.29) is 17.4 Å². The van der Waals surface area contributed by atoms with Crippen LogP contribution >= 0.6 is 0 Å². The first-order valence-corrected chi connectivity index (χ1v) is 8.00. The molecule has 1 heterocycles. The minimum atomic E-state index is -0.378. The van der Waals surface area contributed by atoms with E-state index >= 15 is 0 Å². The number of pyridine rings is 1. The molecule has 0 fully saturated rings. The van der Waals surface area contributed by atoms with Crippen molar-refractivity contribution in [3.05, 3.63) is 77.9 Å². The summed E-state index contributed by atoms with van der Waals surface area (Å²) in [6.07, 6.45) is 1.55. The molecule has 0 saturated heterocycles. The first kappa shape index (κ1) is 17.4. The molecular weight excluding hydrogens is 333 g/mol. The quantitative estimate of drug-likeness (QED) is 0.709. The van der Waals surface area contributed by atoms with Gasteiger partial charge in [0.25, 0.3) is 5.91 Å². The lowest BCUT2D eigenvalue weighted by Gasteiger charge is -2.12. The second-order valence-electron chi connectivity index (χ2n) is 5.72. The van der Waals surface area contributed by atoms with Gasteiger partial charge in [-0.25, -0.2) is 4.39 Å². The Balaban J connectivity index is 1.79. The molecule has 1 aromatic heterocycles. The number of hydrogen-bond donors (Lipinski definition) is 2. The molecule has 2 N–H and O–H groups in total. The zero-order chi connectivity index (χ0) is 18.5. The molecule has 3 rings (SSSR count). The van der Waals surface area contributed by atoms with E-state index in [0.29, 0.717) is 17.1 Å². The maximum atomic E-state index is 13.0. The Kier molecular flexibility index (Phi) is 5.12. The predicted molar refractivity (Wildman–Crippen MR) is 99.6 cm³/mol. The van der Waals surface area contributed by atoms with Gasteiger partial charge in [0, 0.05) is 17.6 Å². The highest BCUT2D eigenvalue weighted by Crippen LogP contribution is 2.28. The van der Waals surface area contributed by atoms with Gasteiger partial charge in [-0.1, -0.05) is 6.07 Å². The van der Waals surface area contributed by atoms with E-state index in [1.165, 1.54) is 24.3 Å². The molecule has 3 aromatic rings. The van der Waals surface area contributed by atoms with E-state index in [2.05, 4.69) is 15.6 Å². The molecule has 132 valence electrons. The molecule has 0 bridgehead atoms. The molecule has 26 heavy (non-hydrogen) atoms. The molecule has 0 radical (unpaired) electrons. The van der Waals surface area contributed by atoms with Gasteiger partial charge in [-0.3, -0.25) is 9.78 Å². The topological polar surface area (TPSA) is 63.2 Å². The van der Waals surface area contributed by atoms with Crippen LogP contribution in [0, 0.1) is 12.7 Å². The van der Waals surface area contributed by atoms with E-state index in [0.717, 1.165) is 11.3 Å². The Morgan fingerprint density at radius 1 is 1.04 bits per heavy atom. The standard InChI is InChI=1S/C20H18FN3O2/c1-13-3-8-19(26-2)17(11-13)23-16-9-10-22-18(12-16)20(25)24-15-6-4-14(21)5-7-15/h3-12H,1-2H3,(H,22,23)(H,24,25). The highest BCUT2D eigenvalue weighted by molar-refractivity contribution is 6.03. The number of nitrogens with one attached hydrogen (secondary N) is 2. The molecule has 0 atom stereocenters. The number of nitrogens with zero attached hydrogens (tertiary/aromatic N) is 1. The fourth-order valence-electron chi connectivity index (χ4n) is 2.44. The maximum absolute atomic E-state index is 13.0. The van der Waals surface area contributed by atoms with Gasteiger partial charge in [-0.15, -0.1) is 0 Å². The van der Waals surface area contributed by atoms with Crippen LogP contribution in [0.25, 0.3) is 0 Å². The molecule has 0 unspecified atom stereocenters. The van der Waals surface area contributed by atoms with Gasteiger partial charge in [0.1, 0.15) is 17.3 Å². The number of ether oxygens (including phenoxy) is 1. The largest absolute Gasteiger partial charge is 0.495 e. The number of amides is 1. The molecule has 0 aliphatic heterocycles. The van der Waals surface area contributed by atoms with Gasteiger partial charge in [0.2, 0.25) is 0 Å². The summed E-state index contributed by atoms with van der Waals surface area (Å²) >= 11 is 0. The second kappa shape index (κ2) is 7.65. The number of hydrogen-bond acceptors (Lipinski definition) is 4. The highest BCUT2D eigenvalue weighted by atomic mass is 19.1. The summed E-state index contributed by atoms with van der Waals surface area (Å²) in [6, 6.07) is 14.7. The van der Waals surface area contributed by atoms with Gasteiger partial charge >= 0.3 is 0 Å². The zero-order valence-corrected chi connectivity index (χ0v) is 14.4. The number of rotatable bonds is 5. The Hall–Kier alpha value is -3.41. The summed E-state index contributed by atoms with van der Waals surface area (Å²) in [5, 5.41) is 5.92. The molecule has 2 aromatic carbocycles. The Labute approximate surface area is 150 Å². The SMILES string of the molecule is COc1ccc(C)cc1Nc1ccnc(C(=O)Nc2ccc(F)cc2)c1. The van der Waals surface area contributed by atoms with E-state index in [9.17, 15) is 9.18 Å². The maximum Gasteiger partial charge on any atom is 0.274 e. The summed E-state index contributed by atoms with van der Waals surface area (Å²) in [6.45, 7) is 1.98. The number of benzene rings is 2. The summed E-state index contributed by atoms with van der Waals surface area (Å²) in [5.41, 5.74) is 3.32. The molecular formula is C20H18FN3O2. The van der Waals surface area contributed by atoms with Gasteiger partial charge in [-0.05, 0) is 61.0 Å². The molecule has 1 amide bonds. The van der Waals surface area contributed by atoms with Crippen LogP contribution in [0.3, 0.4) is 0 Å². The number of carbonyl (C=O) groups is 1. The third-order valence-corrected chi connectivity index (χ3v) is 3.73. The summed E-state index contributed by atoms with van der Waals surface area (Å²) in [5.74, 6) is -0.0411. The van der Waals surface area contributed by atoms with Gasteiger partial charge in [-0.2, -0.15) is 0 Å². The van der Waals surface area contributed by atoms with Crippen molar-refractivity contribution >= 4 is 23.0 Å². The fourth-order valence-corrected chi connectivity index (χ4v) is 2.44. The summed E-state index contributed by atoms with van der Waals surface area (Å²) < 4.78 is 18.3. The van der Waals surface area contributed by atoms with Crippen LogP contribution in [0.15, 0.2) is 60.8 Å². The van der Waals surface area contributed by atoms with Gasteiger partial charge in [0.05, 0.1) is 12.8 Å². The van der Waals surface area contributed by atoms with Gasteiger partial charge < -0.3 is 15.4 Å². The Morgan fingerprint density at radius 3 is 2.54 bits per heavy atom. The number of methoxy groups -OCH3 is 1. The smallest absolute Gasteiger partial charge is 0.274 e. The highest BCUT2D eigenvalue weighted by Gasteiger charge is 2.10. The van der Waals surface area contributed by atoms with Crippen LogP contribution in [-0.2, 0) is 0 Å². The van der Waals surface area contributed by atoms with Crippen LogP contribution in [0.5, 0.6) is 5.75 Å². The first-order valence-electron chi connectivity index (χ1n) is 8.00. The number of halogens is 1. The average Bonchev–Trinajstić information content (AvgIpc) is 2.64. The van der Waals surface area contributed by atoms with Crippen LogP contribution in [-0.4, -0.2) is 18.0 Å². The van der Waals surface area contributed by atoms with E-state index in [4.69, 9.17) is 4.74 Å². The molecule has 0 spiro atoms. The van der Waals surface area contributed by atoms with Crippen molar-refractivity contribution in [3.63, 3.8) is 0 Å². The van der Waals surface area contributed by atoms with E-state index in [1.54, 1.807) is 25.4 Å². The van der Waals surface area contributed by atoms with Crippen LogP contribution in [0.4, 0.5) is 21.5 Å². The lowest BCUT2D eigenvalue weighted by atomic mass is 10.2. The third-order valence-electron chi connectivity index (χ3n) is 3.73. The number of aromatic nitrogens is 1. The minimum absolute atomic E-state index is 0.242. The van der Waals surface area contributed by atoms with Crippen LogP contribution in [0.2, 0.25) is 0 Å². The van der Waals surface area contributed by atoms with Crippen LogP contribution in [0.1, 0.15) is 16.1 Å². The molecule has 0 aliphatic carbocycles. The average molecular weight is 351 g/mol. The van der Waals surface area contributed by atoms with Crippen molar-refractivity contribution in [2.75, 3.05) is 17.7 Å². The van der Waals surface area contributed by atoms with E-state index in [1.807, 2.05) is 25.1 Å². The van der Waals surface area contributed by atoms with Crippen molar-refractivity contribution < 1.29 is 13.9 Å². The lowest BCUT2D eigenvalue weighted by Crippen LogP contribution is -2.13. The van der Waals surface area contributed by atoms with Crippen molar-refractivity contribution in [2.45, 2.75) is 6.92 Å². The predicted octanol–water partition coefficient (Wildman–Crippen LogP) is 4.53.